The molecule has 1 N–H and O–H groups in total. The fraction of sp³-hybridized carbons (Fsp3) is 0.900. The summed E-state index contributed by atoms with van der Waals surface area (Å²) in [6.07, 6.45) is 7.20. The van der Waals surface area contributed by atoms with Gasteiger partial charge in [-0.05, 0) is 39.5 Å². The topological polar surface area (TPSA) is 72.4 Å². The molecule has 2 saturated heterocycles. The van der Waals surface area contributed by atoms with Crippen molar-refractivity contribution in [1.29, 1.82) is 0 Å². The number of carbonyl (C=O) groups excluding carboxylic acids is 1. The highest BCUT2D eigenvalue weighted by Crippen LogP contribution is 2.21. The second-order valence-electron chi connectivity index (χ2n) is 7.11. The number of rotatable bonds is 10. The van der Waals surface area contributed by atoms with Crippen LogP contribution in [0.4, 0.5) is 0 Å². The van der Waals surface area contributed by atoms with Crippen molar-refractivity contribution in [1.82, 2.24) is 10.2 Å². The average molecular weight is 511 g/mol. The Morgan fingerprint density at radius 1 is 1.14 bits per heavy atom. The lowest BCUT2D eigenvalue weighted by atomic mass is 10.1. The van der Waals surface area contributed by atoms with Gasteiger partial charge in [-0.1, -0.05) is 12.8 Å². The zero-order valence-electron chi connectivity index (χ0n) is 17.5. The van der Waals surface area contributed by atoms with Crippen LogP contribution in [-0.2, 0) is 19.0 Å². The number of nitrogens with one attached hydrogen (secondary N) is 1. The molecule has 2 heterocycles. The van der Waals surface area contributed by atoms with Crippen molar-refractivity contribution in [3.8, 4) is 0 Å². The molecule has 164 valence electrons. The van der Waals surface area contributed by atoms with Gasteiger partial charge in [-0.3, -0.25) is 9.79 Å². The standard InChI is InChI=1S/C20H37N3O4.HI/c1-3-21-20(22-12-8-6-5-7-11-19(24)25-4-2)23-13-15-27-18(16-23)17-10-9-14-26-17;/h17-18H,3-16H2,1-2H3,(H,21,22);1H. The minimum atomic E-state index is -0.0851. The molecule has 7 nitrogen and oxygen atoms in total. The van der Waals surface area contributed by atoms with Crippen LogP contribution >= 0.6 is 24.0 Å². The third kappa shape index (κ3) is 9.26. The molecule has 2 unspecified atom stereocenters. The molecule has 2 aliphatic heterocycles. The van der Waals surface area contributed by atoms with Crippen molar-refractivity contribution in [2.75, 3.05) is 46.0 Å². The predicted octanol–water partition coefficient (Wildman–Crippen LogP) is 2.96. The van der Waals surface area contributed by atoms with Crippen LogP contribution in [0.2, 0.25) is 0 Å². The van der Waals surface area contributed by atoms with Crippen LogP contribution in [0.15, 0.2) is 4.99 Å². The van der Waals surface area contributed by atoms with Crippen molar-refractivity contribution in [3.05, 3.63) is 0 Å². The molecule has 2 fully saturated rings. The molecular weight excluding hydrogens is 473 g/mol. The van der Waals surface area contributed by atoms with Gasteiger partial charge in [0.25, 0.3) is 0 Å². The molecule has 2 atom stereocenters. The van der Waals surface area contributed by atoms with Crippen molar-refractivity contribution < 1.29 is 19.0 Å². The number of halogens is 1. The highest BCUT2D eigenvalue weighted by molar-refractivity contribution is 14.0. The lowest BCUT2D eigenvalue weighted by Crippen LogP contribution is -2.53. The molecule has 0 spiro atoms. The van der Waals surface area contributed by atoms with Crippen molar-refractivity contribution >= 4 is 35.9 Å². The second kappa shape index (κ2) is 15.3. The van der Waals surface area contributed by atoms with E-state index in [0.29, 0.717) is 13.0 Å². The first-order valence-electron chi connectivity index (χ1n) is 10.7. The zero-order chi connectivity index (χ0) is 19.3. The lowest BCUT2D eigenvalue weighted by Gasteiger charge is -2.37. The maximum atomic E-state index is 11.3. The number of unbranched alkanes of at least 4 members (excludes halogenated alkanes) is 3. The number of morpholine rings is 1. The van der Waals surface area contributed by atoms with Gasteiger partial charge in [0.05, 0.1) is 19.3 Å². The largest absolute Gasteiger partial charge is 0.466 e. The molecule has 8 heteroatoms. The molecule has 0 radical (unpaired) electrons. The number of ether oxygens (including phenoxy) is 3. The SMILES string of the molecule is CCNC(=NCCCCCCC(=O)OCC)N1CCOC(C2CCCO2)C1.I. The van der Waals surface area contributed by atoms with Crippen LogP contribution in [0.3, 0.4) is 0 Å². The zero-order valence-corrected chi connectivity index (χ0v) is 19.8. The van der Waals surface area contributed by atoms with Gasteiger partial charge in [0, 0.05) is 39.2 Å². The molecule has 0 aromatic rings. The van der Waals surface area contributed by atoms with Crippen molar-refractivity contribution in [2.45, 2.75) is 71.0 Å². The van der Waals surface area contributed by atoms with Crippen molar-refractivity contribution in [3.63, 3.8) is 0 Å². The van der Waals surface area contributed by atoms with Gasteiger partial charge < -0.3 is 24.4 Å². The number of aliphatic imine (C=N–C) groups is 1. The minimum Gasteiger partial charge on any atom is -0.466 e. The van der Waals surface area contributed by atoms with E-state index in [1.807, 2.05) is 6.92 Å². The van der Waals surface area contributed by atoms with E-state index < -0.39 is 0 Å². The van der Waals surface area contributed by atoms with Crippen LogP contribution in [0.25, 0.3) is 0 Å². The van der Waals surface area contributed by atoms with Crippen molar-refractivity contribution in [2.24, 2.45) is 4.99 Å². The number of hydrogen-bond acceptors (Lipinski definition) is 5. The lowest BCUT2D eigenvalue weighted by molar-refractivity contribution is -0.143. The third-order valence-corrected chi connectivity index (χ3v) is 4.96. The van der Waals surface area contributed by atoms with Crippen LogP contribution in [0, 0.1) is 0 Å². The quantitative estimate of drug-likeness (QED) is 0.160. The van der Waals surface area contributed by atoms with E-state index in [4.69, 9.17) is 19.2 Å². The summed E-state index contributed by atoms with van der Waals surface area (Å²) in [5.74, 6) is 0.897. The van der Waals surface area contributed by atoms with E-state index in [-0.39, 0.29) is 42.2 Å². The van der Waals surface area contributed by atoms with Gasteiger partial charge in [0.15, 0.2) is 5.96 Å². The Labute approximate surface area is 187 Å². The fourth-order valence-corrected chi connectivity index (χ4v) is 3.57. The third-order valence-electron chi connectivity index (χ3n) is 4.96. The van der Waals surface area contributed by atoms with Gasteiger partial charge >= 0.3 is 5.97 Å². The Hall–Kier alpha value is -0.610. The first kappa shape index (κ1) is 25.4. The van der Waals surface area contributed by atoms with Crippen LogP contribution in [0.1, 0.15) is 58.8 Å². The number of esters is 1. The first-order valence-corrected chi connectivity index (χ1v) is 10.7. The van der Waals surface area contributed by atoms with E-state index in [1.165, 1.54) is 0 Å². The van der Waals surface area contributed by atoms with Crippen LogP contribution in [-0.4, -0.2) is 75.0 Å². The average Bonchev–Trinajstić information content (AvgIpc) is 3.21. The molecule has 0 aliphatic carbocycles. The van der Waals surface area contributed by atoms with Gasteiger partial charge in [0.2, 0.25) is 0 Å². The Kier molecular flexibility index (Phi) is 13.9. The Balaban J connectivity index is 0.00000392. The number of carbonyl (C=O) groups is 1. The predicted molar refractivity (Wildman–Crippen MR) is 121 cm³/mol. The minimum absolute atomic E-state index is 0. The van der Waals surface area contributed by atoms with Crippen LogP contribution in [0.5, 0.6) is 0 Å². The molecule has 2 aliphatic rings. The van der Waals surface area contributed by atoms with Gasteiger partial charge in [-0.2, -0.15) is 0 Å². The van der Waals surface area contributed by atoms with E-state index in [1.54, 1.807) is 0 Å². The summed E-state index contributed by atoms with van der Waals surface area (Å²) in [6, 6.07) is 0. The Morgan fingerprint density at radius 2 is 1.93 bits per heavy atom. The molecule has 0 aromatic heterocycles. The summed E-state index contributed by atoms with van der Waals surface area (Å²) in [7, 11) is 0. The maximum absolute atomic E-state index is 11.3. The van der Waals surface area contributed by atoms with E-state index in [2.05, 4.69) is 17.1 Å². The molecule has 0 bridgehead atoms. The Bertz CT molecular complexity index is 459. The highest BCUT2D eigenvalue weighted by atomic mass is 127. The molecule has 28 heavy (non-hydrogen) atoms. The summed E-state index contributed by atoms with van der Waals surface area (Å²) in [4.78, 5) is 18.4. The number of hydrogen-bond donors (Lipinski definition) is 1. The summed E-state index contributed by atoms with van der Waals surface area (Å²) in [6.45, 7) is 9.38. The smallest absolute Gasteiger partial charge is 0.305 e. The highest BCUT2D eigenvalue weighted by Gasteiger charge is 2.32. The summed E-state index contributed by atoms with van der Waals surface area (Å²) >= 11 is 0. The summed E-state index contributed by atoms with van der Waals surface area (Å²) in [5, 5.41) is 3.41. The van der Waals surface area contributed by atoms with Gasteiger partial charge in [-0.25, -0.2) is 0 Å². The van der Waals surface area contributed by atoms with Gasteiger partial charge in [-0.15, -0.1) is 24.0 Å². The van der Waals surface area contributed by atoms with Crippen LogP contribution < -0.4 is 5.32 Å². The maximum Gasteiger partial charge on any atom is 0.305 e. The fourth-order valence-electron chi connectivity index (χ4n) is 3.57. The van der Waals surface area contributed by atoms with Gasteiger partial charge in [0.1, 0.15) is 6.10 Å². The summed E-state index contributed by atoms with van der Waals surface area (Å²) in [5.41, 5.74) is 0. The van der Waals surface area contributed by atoms with E-state index in [9.17, 15) is 4.79 Å². The molecule has 0 saturated carbocycles. The first-order chi connectivity index (χ1) is 13.2. The second-order valence-corrected chi connectivity index (χ2v) is 7.11. The number of guanidine groups is 1. The molecule has 0 amide bonds. The monoisotopic (exact) mass is 511 g/mol. The normalized spacial score (nSPS) is 22.6. The number of nitrogens with zero attached hydrogens (tertiary/aromatic N) is 2. The Morgan fingerprint density at radius 3 is 2.64 bits per heavy atom. The van der Waals surface area contributed by atoms with E-state index >= 15 is 0 Å². The molecule has 0 aromatic carbocycles. The molecule has 2 rings (SSSR count). The molecular formula is C20H38IN3O4. The van der Waals surface area contributed by atoms with E-state index in [0.717, 1.165) is 83.9 Å². The summed E-state index contributed by atoms with van der Waals surface area (Å²) < 4.78 is 16.7.